The molecule has 134 valence electrons. The van der Waals surface area contributed by atoms with Gasteiger partial charge in [-0.3, -0.25) is 0 Å². The number of guanidine groups is 1. The third-order valence-electron chi connectivity index (χ3n) is 3.65. The van der Waals surface area contributed by atoms with Crippen molar-refractivity contribution in [3.63, 3.8) is 0 Å². The molecule has 0 bridgehead atoms. The van der Waals surface area contributed by atoms with Gasteiger partial charge in [0.1, 0.15) is 6.61 Å². The van der Waals surface area contributed by atoms with E-state index >= 15 is 0 Å². The van der Waals surface area contributed by atoms with Crippen molar-refractivity contribution < 1.29 is 9.53 Å². The third-order valence-corrected chi connectivity index (χ3v) is 3.65. The predicted octanol–water partition coefficient (Wildman–Crippen LogP) is 4.05. The van der Waals surface area contributed by atoms with E-state index in [0.29, 0.717) is 0 Å². The van der Waals surface area contributed by atoms with Crippen molar-refractivity contribution in [2.75, 3.05) is 6.54 Å². The average molecular weight is 349 g/mol. The summed E-state index contributed by atoms with van der Waals surface area (Å²) in [6.45, 7) is 7.81. The van der Waals surface area contributed by atoms with Gasteiger partial charge in [-0.1, -0.05) is 72.8 Å². The van der Waals surface area contributed by atoms with Crippen LogP contribution in [0.1, 0.15) is 17.2 Å². The molecule has 26 heavy (non-hydrogen) atoms. The summed E-state index contributed by atoms with van der Waals surface area (Å²) in [6, 6.07) is 18.7. The molecule has 2 rings (SSSR count). The van der Waals surface area contributed by atoms with E-state index in [1.165, 1.54) is 4.90 Å². The van der Waals surface area contributed by atoms with E-state index in [-0.39, 0.29) is 25.2 Å². The lowest BCUT2D eigenvalue weighted by atomic mass is 10.1. The predicted molar refractivity (Wildman–Crippen MR) is 105 cm³/mol. The molecule has 0 saturated carbocycles. The van der Waals surface area contributed by atoms with Gasteiger partial charge < -0.3 is 10.5 Å². The zero-order valence-electron chi connectivity index (χ0n) is 14.6. The molecule has 0 radical (unpaired) electrons. The number of hydrogen-bond donors (Lipinski definition) is 1. The van der Waals surface area contributed by atoms with Crippen LogP contribution in [0.15, 0.2) is 91.0 Å². The largest absolute Gasteiger partial charge is 0.444 e. The van der Waals surface area contributed by atoms with E-state index in [9.17, 15) is 4.79 Å². The van der Waals surface area contributed by atoms with Crippen LogP contribution >= 0.6 is 0 Å². The van der Waals surface area contributed by atoms with Crippen molar-refractivity contribution in [1.29, 1.82) is 0 Å². The quantitative estimate of drug-likeness (QED) is 0.466. The Balaban J connectivity index is 2.12. The number of hydrogen-bond acceptors (Lipinski definition) is 3. The van der Waals surface area contributed by atoms with E-state index < -0.39 is 6.09 Å². The first kappa shape index (κ1) is 19.0. The van der Waals surface area contributed by atoms with Crippen LogP contribution in [0.3, 0.4) is 0 Å². The summed E-state index contributed by atoms with van der Waals surface area (Å²) in [5.41, 5.74) is 7.89. The molecule has 0 aliphatic rings. The Labute approximate surface area is 154 Å². The molecule has 5 nitrogen and oxygen atoms in total. The molecular weight excluding hydrogens is 326 g/mol. The molecular formula is C21H23N3O2. The summed E-state index contributed by atoms with van der Waals surface area (Å²) in [7, 11) is 0. The number of aliphatic imine (C=N–C) groups is 1. The number of benzene rings is 2. The van der Waals surface area contributed by atoms with Crippen molar-refractivity contribution in [3.8, 4) is 0 Å². The van der Waals surface area contributed by atoms with Gasteiger partial charge in [-0.15, -0.1) is 13.2 Å². The molecule has 0 saturated heterocycles. The van der Waals surface area contributed by atoms with Gasteiger partial charge in [0.05, 0.1) is 6.04 Å². The highest BCUT2D eigenvalue weighted by Gasteiger charge is 2.19. The lowest BCUT2D eigenvalue weighted by Crippen LogP contribution is -2.42. The normalized spacial score (nSPS) is 12.1. The second kappa shape index (κ2) is 9.84. The molecule has 0 fully saturated rings. The van der Waals surface area contributed by atoms with Gasteiger partial charge in [0.2, 0.25) is 5.96 Å². The van der Waals surface area contributed by atoms with Gasteiger partial charge in [-0.25, -0.2) is 14.7 Å². The smallest absolute Gasteiger partial charge is 0.417 e. The molecule has 0 aliphatic carbocycles. The molecule has 2 aromatic carbocycles. The van der Waals surface area contributed by atoms with Crippen LogP contribution in [0.5, 0.6) is 0 Å². The Morgan fingerprint density at radius 2 is 1.73 bits per heavy atom. The van der Waals surface area contributed by atoms with Crippen LogP contribution in [-0.2, 0) is 11.3 Å². The van der Waals surface area contributed by atoms with Gasteiger partial charge in [0.25, 0.3) is 0 Å². The van der Waals surface area contributed by atoms with E-state index in [0.717, 1.165) is 11.1 Å². The molecule has 0 heterocycles. The summed E-state index contributed by atoms with van der Waals surface area (Å²) in [6.07, 6.45) is 2.66. The van der Waals surface area contributed by atoms with Gasteiger partial charge >= 0.3 is 6.09 Å². The van der Waals surface area contributed by atoms with Gasteiger partial charge in [0, 0.05) is 6.54 Å². The first-order valence-electron chi connectivity index (χ1n) is 8.25. The molecule has 2 aromatic rings. The number of carbonyl (C=O) groups is 1. The zero-order chi connectivity index (χ0) is 18.8. The van der Waals surface area contributed by atoms with Crippen LogP contribution < -0.4 is 5.73 Å². The molecule has 2 N–H and O–H groups in total. The van der Waals surface area contributed by atoms with E-state index in [4.69, 9.17) is 10.5 Å². The van der Waals surface area contributed by atoms with Gasteiger partial charge in [-0.2, -0.15) is 0 Å². The lowest BCUT2D eigenvalue weighted by molar-refractivity contribution is 0.118. The fourth-order valence-corrected chi connectivity index (χ4v) is 2.31. The van der Waals surface area contributed by atoms with Crippen molar-refractivity contribution in [3.05, 3.63) is 97.1 Å². The van der Waals surface area contributed by atoms with E-state index in [2.05, 4.69) is 18.2 Å². The van der Waals surface area contributed by atoms with E-state index in [1.54, 1.807) is 12.2 Å². The second-order valence-corrected chi connectivity index (χ2v) is 5.52. The molecule has 0 aromatic heterocycles. The van der Waals surface area contributed by atoms with Crippen LogP contribution in [0.4, 0.5) is 4.79 Å². The minimum atomic E-state index is -0.578. The Hall–Kier alpha value is -3.34. The van der Waals surface area contributed by atoms with Crippen molar-refractivity contribution in [2.24, 2.45) is 10.7 Å². The standard InChI is InChI=1S/C21H23N3O2/c1-3-15-24(21(25)26-16-17-11-7-5-8-12-17)20(22)23-19(4-2)18-13-9-6-10-14-18/h3-14,19H,1-2,15-16H2,(H2,22,23). The average Bonchev–Trinajstić information content (AvgIpc) is 2.69. The molecule has 1 unspecified atom stereocenters. The summed E-state index contributed by atoms with van der Waals surface area (Å²) >= 11 is 0. The SMILES string of the molecule is C=CCN(C(=O)OCc1ccccc1)C(N)=NC(C=C)c1ccccc1. The fourth-order valence-electron chi connectivity index (χ4n) is 2.31. The second-order valence-electron chi connectivity index (χ2n) is 5.52. The summed E-state index contributed by atoms with van der Waals surface area (Å²) < 4.78 is 5.34. The topological polar surface area (TPSA) is 67.9 Å². The third kappa shape index (κ3) is 5.34. The Morgan fingerprint density at radius 1 is 1.12 bits per heavy atom. The monoisotopic (exact) mass is 349 g/mol. The molecule has 5 heteroatoms. The number of ether oxygens (including phenoxy) is 1. The fraction of sp³-hybridized carbons (Fsp3) is 0.143. The van der Waals surface area contributed by atoms with Gasteiger partial charge in [-0.05, 0) is 11.1 Å². The summed E-state index contributed by atoms with van der Waals surface area (Å²) in [4.78, 5) is 18.1. The Bertz CT molecular complexity index is 757. The van der Waals surface area contributed by atoms with Crippen LogP contribution in [0.25, 0.3) is 0 Å². The first-order valence-corrected chi connectivity index (χ1v) is 8.25. The Morgan fingerprint density at radius 3 is 2.31 bits per heavy atom. The number of amides is 1. The number of nitrogens with two attached hydrogens (primary N) is 1. The minimum Gasteiger partial charge on any atom is -0.444 e. The highest BCUT2D eigenvalue weighted by Crippen LogP contribution is 2.18. The highest BCUT2D eigenvalue weighted by molar-refractivity contribution is 5.93. The zero-order valence-corrected chi connectivity index (χ0v) is 14.6. The summed E-state index contributed by atoms with van der Waals surface area (Å²) in [5, 5.41) is 0. The number of carbonyl (C=O) groups excluding carboxylic acids is 1. The van der Waals surface area contributed by atoms with Crippen LogP contribution in [-0.4, -0.2) is 23.5 Å². The van der Waals surface area contributed by atoms with Crippen molar-refractivity contribution >= 4 is 12.1 Å². The maximum absolute atomic E-state index is 12.4. The summed E-state index contributed by atoms with van der Waals surface area (Å²) in [5.74, 6) is 0.0525. The lowest BCUT2D eigenvalue weighted by Gasteiger charge is -2.21. The molecule has 0 aliphatic heterocycles. The molecule has 0 spiro atoms. The molecule has 1 atom stereocenters. The van der Waals surface area contributed by atoms with Crippen LogP contribution in [0.2, 0.25) is 0 Å². The van der Waals surface area contributed by atoms with Gasteiger partial charge in [0.15, 0.2) is 0 Å². The molecule has 1 amide bonds. The maximum Gasteiger partial charge on any atom is 0.417 e. The van der Waals surface area contributed by atoms with E-state index in [1.807, 2.05) is 60.7 Å². The van der Waals surface area contributed by atoms with Crippen molar-refractivity contribution in [1.82, 2.24) is 4.90 Å². The van der Waals surface area contributed by atoms with Crippen LogP contribution in [0, 0.1) is 0 Å². The minimum absolute atomic E-state index is 0.0525. The highest BCUT2D eigenvalue weighted by atomic mass is 16.6. The number of nitrogens with zero attached hydrogens (tertiary/aromatic N) is 2. The first-order chi connectivity index (χ1) is 12.7. The van der Waals surface area contributed by atoms with Crippen molar-refractivity contribution in [2.45, 2.75) is 12.6 Å². The Kier molecular flexibility index (Phi) is 7.18. The number of rotatable bonds is 7. The maximum atomic E-state index is 12.4.